The summed E-state index contributed by atoms with van der Waals surface area (Å²) in [6, 6.07) is 0. The summed E-state index contributed by atoms with van der Waals surface area (Å²) < 4.78 is 5.19. The maximum absolute atomic E-state index is 11.7. The first kappa shape index (κ1) is 12.4. The standard InChI is InChI=1S/C12H19NO4/c14-11(13-7-8-3-1-2-4-8)9-5-6-10(17-9)12(15)16/h8-10H,1-7H2,(H,13,14)(H,15,16). The Bertz CT molecular complexity index is 299. The summed E-state index contributed by atoms with van der Waals surface area (Å²) in [5.74, 6) is -0.535. The second kappa shape index (κ2) is 5.49. The van der Waals surface area contributed by atoms with Gasteiger partial charge in [-0.3, -0.25) is 4.79 Å². The molecule has 0 aromatic heterocycles. The SMILES string of the molecule is O=C(O)C1CCC(C(=O)NCC2CCCC2)O1. The van der Waals surface area contributed by atoms with Crippen LogP contribution in [0.3, 0.4) is 0 Å². The van der Waals surface area contributed by atoms with Gasteiger partial charge in [0.25, 0.3) is 0 Å². The molecule has 1 amide bonds. The molecule has 1 saturated heterocycles. The molecule has 0 spiro atoms. The summed E-state index contributed by atoms with van der Waals surface area (Å²) in [6.45, 7) is 0.705. The second-order valence-electron chi connectivity index (χ2n) is 4.92. The molecule has 96 valence electrons. The third-order valence-corrected chi connectivity index (χ3v) is 3.63. The van der Waals surface area contributed by atoms with E-state index < -0.39 is 18.2 Å². The minimum absolute atomic E-state index is 0.152. The zero-order valence-electron chi connectivity index (χ0n) is 9.85. The number of ether oxygens (including phenoxy) is 1. The molecule has 0 aromatic carbocycles. The number of carbonyl (C=O) groups excluding carboxylic acids is 1. The number of hydrogen-bond acceptors (Lipinski definition) is 3. The number of aliphatic carboxylic acids is 1. The summed E-state index contributed by atoms with van der Waals surface area (Å²) in [4.78, 5) is 22.4. The van der Waals surface area contributed by atoms with Gasteiger partial charge in [0.2, 0.25) is 5.91 Å². The van der Waals surface area contributed by atoms with Crippen molar-refractivity contribution in [3.63, 3.8) is 0 Å². The van der Waals surface area contributed by atoms with Gasteiger partial charge in [-0.15, -0.1) is 0 Å². The minimum Gasteiger partial charge on any atom is -0.479 e. The average Bonchev–Trinajstić information content (AvgIpc) is 2.96. The van der Waals surface area contributed by atoms with Gasteiger partial charge in [0.15, 0.2) is 6.10 Å². The van der Waals surface area contributed by atoms with Crippen molar-refractivity contribution in [3.05, 3.63) is 0 Å². The largest absolute Gasteiger partial charge is 0.479 e. The van der Waals surface area contributed by atoms with Crippen molar-refractivity contribution < 1.29 is 19.4 Å². The van der Waals surface area contributed by atoms with Crippen LogP contribution >= 0.6 is 0 Å². The van der Waals surface area contributed by atoms with Gasteiger partial charge in [-0.25, -0.2) is 4.79 Å². The molecule has 2 unspecified atom stereocenters. The molecule has 1 aliphatic heterocycles. The first-order valence-electron chi connectivity index (χ1n) is 6.33. The first-order valence-corrected chi connectivity index (χ1v) is 6.33. The molecule has 0 bridgehead atoms. The van der Waals surface area contributed by atoms with Crippen LogP contribution in [0.4, 0.5) is 0 Å². The lowest BCUT2D eigenvalue weighted by atomic mass is 10.1. The van der Waals surface area contributed by atoms with Gasteiger partial charge in [-0.05, 0) is 31.6 Å². The summed E-state index contributed by atoms with van der Waals surface area (Å²) in [7, 11) is 0. The Morgan fingerprint density at radius 1 is 1.12 bits per heavy atom. The summed E-state index contributed by atoms with van der Waals surface area (Å²) in [5, 5.41) is 11.6. The Kier molecular flexibility index (Phi) is 3.99. The van der Waals surface area contributed by atoms with E-state index in [9.17, 15) is 9.59 Å². The highest BCUT2D eigenvalue weighted by molar-refractivity contribution is 5.82. The number of rotatable bonds is 4. The summed E-state index contributed by atoms with van der Waals surface area (Å²) >= 11 is 0. The van der Waals surface area contributed by atoms with Crippen LogP contribution in [0.15, 0.2) is 0 Å². The molecule has 1 aliphatic carbocycles. The fourth-order valence-electron chi connectivity index (χ4n) is 2.58. The molecule has 1 saturated carbocycles. The van der Waals surface area contributed by atoms with Crippen molar-refractivity contribution >= 4 is 11.9 Å². The molecule has 17 heavy (non-hydrogen) atoms. The average molecular weight is 241 g/mol. The number of carboxylic acid groups (broad SMARTS) is 1. The quantitative estimate of drug-likeness (QED) is 0.767. The Labute approximate surface area is 101 Å². The van der Waals surface area contributed by atoms with E-state index in [-0.39, 0.29) is 5.91 Å². The van der Waals surface area contributed by atoms with Crippen LogP contribution in [0, 0.1) is 5.92 Å². The van der Waals surface area contributed by atoms with E-state index in [2.05, 4.69) is 5.32 Å². The van der Waals surface area contributed by atoms with E-state index in [1.54, 1.807) is 0 Å². The molecule has 5 nitrogen and oxygen atoms in total. The molecule has 2 aliphatic rings. The zero-order valence-corrected chi connectivity index (χ0v) is 9.85. The Morgan fingerprint density at radius 2 is 1.76 bits per heavy atom. The number of hydrogen-bond donors (Lipinski definition) is 2. The molecule has 5 heteroatoms. The molecule has 1 heterocycles. The highest BCUT2D eigenvalue weighted by Gasteiger charge is 2.34. The lowest BCUT2D eigenvalue weighted by molar-refractivity contribution is -0.151. The smallest absolute Gasteiger partial charge is 0.332 e. The molecule has 2 atom stereocenters. The molecular formula is C12H19NO4. The van der Waals surface area contributed by atoms with Crippen LogP contribution in [-0.2, 0) is 14.3 Å². The van der Waals surface area contributed by atoms with Crippen molar-refractivity contribution in [1.82, 2.24) is 5.32 Å². The van der Waals surface area contributed by atoms with Crippen LogP contribution in [0.1, 0.15) is 38.5 Å². The topological polar surface area (TPSA) is 75.6 Å². The van der Waals surface area contributed by atoms with Gasteiger partial charge in [0.05, 0.1) is 0 Å². The third kappa shape index (κ3) is 3.19. The Morgan fingerprint density at radius 3 is 2.35 bits per heavy atom. The minimum atomic E-state index is -0.976. The van der Waals surface area contributed by atoms with Gasteiger partial charge in [0.1, 0.15) is 6.10 Å². The number of carboxylic acids is 1. The molecule has 2 rings (SSSR count). The third-order valence-electron chi connectivity index (χ3n) is 3.63. The van der Waals surface area contributed by atoms with Crippen LogP contribution in [0.2, 0.25) is 0 Å². The van der Waals surface area contributed by atoms with Gasteiger partial charge in [-0.2, -0.15) is 0 Å². The van der Waals surface area contributed by atoms with Crippen molar-refractivity contribution in [1.29, 1.82) is 0 Å². The van der Waals surface area contributed by atoms with Crippen LogP contribution in [0.5, 0.6) is 0 Å². The summed E-state index contributed by atoms with van der Waals surface area (Å²) in [5.41, 5.74) is 0. The monoisotopic (exact) mass is 241 g/mol. The number of amides is 1. The van der Waals surface area contributed by atoms with Gasteiger partial charge < -0.3 is 15.2 Å². The van der Waals surface area contributed by atoms with Gasteiger partial charge in [-0.1, -0.05) is 12.8 Å². The van der Waals surface area contributed by atoms with E-state index in [0.29, 0.717) is 25.3 Å². The first-order chi connectivity index (χ1) is 8.16. The lowest BCUT2D eigenvalue weighted by Gasteiger charge is -2.14. The van der Waals surface area contributed by atoms with E-state index in [0.717, 1.165) is 0 Å². The molecule has 2 fully saturated rings. The second-order valence-corrected chi connectivity index (χ2v) is 4.92. The zero-order chi connectivity index (χ0) is 12.3. The van der Waals surface area contributed by atoms with E-state index in [1.165, 1.54) is 25.7 Å². The molecule has 2 N–H and O–H groups in total. The van der Waals surface area contributed by atoms with E-state index >= 15 is 0 Å². The van der Waals surface area contributed by atoms with Crippen molar-refractivity contribution in [2.45, 2.75) is 50.7 Å². The molecular weight excluding hydrogens is 222 g/mol. The normalized spacial score (nSPS) is 29.4. The molecule has 0 radical (unpaired) electrons. The van der Waals surface area contributed by atoms with Gasteiger partial charge in [0, 0.05) is 6.54 Å². The molecule has 0 aromatic rings. The van der Waals surface area contributed by atoms with Crippen molar-refractivity contribution in [2.24, 2.45) is 5.92 Å². The van der Waals surface area contributed by atoms with E-state index in [1.807, 2.05) is 0 Å². The number of nitrogens with one attached hydrogen (secondary N) is 1. The highest BCUT2D eigenvalue weighted by atomic mass is 16.5. The number of carbonyl (C=O) groups is 2. The maximum Gasteiger partial charge on any atom is 0.332 e. The predicted molar refractivity (Wildman–Crippen MR) is 60.5 cm³/mol. The fraction of sp³-hybridized carbons (Fsp3) is 0.833. The maximum atomic E-state index is 11.7. The lowest BCUT2D eigenvalue weighted by Crippen LogP contribution is -2.37. The Hall–Kier alpha value is -1.10. The van der Waals surface area contributed by atoms with E-state index in [4.69, 9.17) is 9.84 Å². The Balaban J connectivity index is 1.71. The predicted octanol–water partition coefficient (Wildman–Crippen LogP) is 0.925. The van der Waals surface area contributed by atoms with Crippen molar-refractivity contribution in [3.8, 4) is 0 Å². The summed E-state index contributed by atoms with van der Waals surface area (Å²) in [6.07, 6.45) is 4.43. The van der Waals surface area contributed by atoms with Crippen LogP contribution < -0.4 is 5.32 Å². The fourth-order valence-corrected chi connectivity index (χ4v) is 2.58. The van der Waals surface area contributed by atoms with Crippen molar-refractivity contribution in [2.75, 3.05) is 6.54 Å². The van der Waals surface area contributed by atoms with Crippen LogP contribution in [0.25, 0.3) is 0 Å². The van der Waals surface area contributed by atoms with Crippen LogP contribution in [-0.4, -0.2) is 35.7 Å². The highest BCUT2D eigenvalue weighted by Crippen LogP contribution is 2.24. The van der Waals surface area contributed by atoms with Gasteiger partial charge >= 0.3 is 5.97 Å².